The van der Waals surface area contributed by atoms with Crippen LogP contribution in [0.25, 0.3) is 11.2 Å². The predicted molar refractivity (Wildman–Crippen MR) is 64.6 cm³/mol. The van der Waals surface area contributed by atoms with Crippen LogP contribution in [0.1, 0.15) is 0 Å². The number of rotatable bonds is 3. The van der Waals surface area contributed by atoms with Gasteiger partial charge in [0.05, 0.1) is 5.65 Å². The fraction of sp³-hybridized carbons (Fsp3) is 0.111. The van der Waals surface area contributed by atoms with E-state index in [4.69, 9.17) is 0 Å². The van der Waals surface area contributed by atoms with Crippen molar-refractivity contribution in [3.8, 4) is 0 Å². The first-order valence-corrected chi connectivity index (χ1v) is 5.90. The van der Waals surface area contributed by atoms with E-state index in [1.54, 1.807) is 11.6 Å². The van der Waals surface area contributed by atoms with Gasteiger partial charge >= 0.3 is 35.4 Å². The van der Waals surface area contributed by atoms with Crippen LogP contribution in [0.4, 0.5) is 5.82 Å². The Hall–Kier alpha value is -1.49. The van der Waals surface area contributed by atoms with Crippen LogP contribution < -0.4 is 34.5 Å². The first-order valence-electron chi connectivity index (χ1n) is 5.09. The molecule has 0 aliphatic heterocycles. The van der Waals surface area contributed by atoms with Crippen LogP contribution in [0.3, 0.4) is 0 Å². The molecular weight excluding hydrogens is 293 g/mol. The maximum atomic E-state index is 10.9. The van der Waals surface area contributed by atoms with Crippen LogP contribution in [0, 0.1) is 10.1 Å². The molecule has 3 aromatic heterocycles. The van der Waals surface area contributed by atoms with E-state index < -0.39 is 4.92 Å². The van der Waals surface area contributed by atoms with Gasteiger partial charge in [0.25, 0.3) is 0 Å². The Morgan fingerprint density at radius 2 is 2.15 bits per heavy atom. The minimum atomic E-state index is -0.530. The SMILES string of the molecule is Cn1cnc([N+](=O)[O-])c1Sc1ncnc2nc[n-]c12.[Na+]. The Kier molecular flexibility index (Phi) is 4.38. The van der Waals surface area contributed by atoms with Crippen molar-refractivity contribution < 1.29 is 34.5 Å². The van der Waals surface area contributed by atoms with Crippen LogP contribution in [-0.4, -0.2) is 29.4 Å². The van der Waals surface area contributed by atoms with Crippen LogP contribution in [0.2, 0.25) is 0 Å². The van der Waals surface area contributed by atoms with Crippen LogP contribution >= 0.6 is 11.8 Å². The monoisotopic (exact) mass is 299 g/mol. The summed E-state index contributed by atoms with van der Waals surface area (Å²) in [5.74, 6) is -0.209. The average Bonchev–Trinajstić information content (AvgIpc) is 2.97. The summed E-state index contributed by atoms with van der Waals surface area (Å²) in [6.07, 6.45) is 4.11. The van der Waals surface area contributed by atoms with Gasteiger partial charge in [0.2, 0.25) is 6.33 Å². The van der Waals surface area contributed by atoms with Crippen molar-refractivity contribution >= 4 is 28.7 Å². The molecule has 20 heavy (non-hydrogen) atoms. The van der Waals surface area contributed by atoms with Crippen LogP contribution in [-0.2, 0) is 7.05 Å². The Balaban J connectivity index is 0.00000147. The second kappa shape index (κ2) is 5.87. The first-order chi connectivity index (χ1) is 9.16. The Morgan fingerprint density at radius 1 is 1.35 bits per heavy atom. The number of hydrogen-bond donors (Lipinski definition) is 0. The molecule has 9 nitrogen and oxygen atoms in total. The van der Waals surface area contributed by atoms with E-state index in [1.165, 1.54) is 19.0 Å². The molecule has 3 rings (SSSR count). The third-order valence-corrected chi connectivity index (χ3v) is 3.52. The average molecular weight is 299 g/mol. The van der Waals surface area contributed by atoms with Crippen LogP contribution in [0.5, 0.6) is 0 Å². The molecule has 96 valence electrons. The minimum Gasteiger partial charge on any atom is -0.439 e. The third kappa shape index (κ3) is 2.54. The summed E-state index contributed by atoms with van der Waals surface area (Å²) in [6.45, 7) is 0. The van der Waals surface area contributed by atoms with Crippen molar-refractivity contribution in [2.45, 2.75) is 10.1 Å². The predicted octanol–water partition coefficient (Wildman–Crippen LogP) is -2.22. The molecule has 11 heteroatoms. The van der Waals surface area contributed by atoms with Gasteiger partial charge in [-0.05, 0) is 21.7 Å². The topological polar surface area (TPSA) is 114 Å². The molecule has 0 amide bonds. The van der Waals surface area contributed by atoms with Crippen molar-refractivity contribution in [1.82, 2.24) is 29.5 Å². The number of nitro groups is 1. The summed E-state index contributed by atoms with van der Waals surface area (Å²) < 4.78 is 1.56. The van der Waals surface area contributed by atoms with E-state index >= 15 is 0 Å². The summed E-state index contributed by atoms with van der Waals surface area (Å²) in [7, 11) is 1.68. The normalized spacial score (nSPS) is 10.4. The molecule has 0 aromatic carbocycles. The number of aryl methyl sites for hydroxylation is 1. The number of hydrogen-bond acceptors (Lipinski definition) is 7. The molecule has 0 bridgehead atoms. The largest absolute Gasteiger partial charge is 1.00 e. The van der Waals surface area contributed by atoms with Gasteiger partial charge in [-0.25, -0.2) is 9.97 Å². The zero-order chi connectivity index (χ0) is 13.4. The third-order valence-electron chi connectivity index (χ3n) is 2.37. The van der Waals surface area contributed by atoms with Crippen molar-refractivity contribution in [3.05, 3.63) is 29.1 Å². The Bertz CT molecular complexity index is 771. The Labute approximate surface area is 138 Å². The van der Waals surface area contributed by atoms with Crippen LogP contribution in [0.15, 0.2) is 29.0 Å². The number of aromatic nitrogens is 6. The smallest absolute Gasteiger partial charge is 0.439 e. The second-order valence-corrected chi connectivity index (χ2v) is 4.55. The molecule has 0 N–H and O–H groups in total. The summed E-state index contributed by atoms with van der Waals surface area (Å²) in [4.78, 5) is 30.1. The Morgan fingerprint density at radius 3 is 2.90 bits per heavy atom. The summed E-state index contributed by atoms with van der Waals surface area (Å²) >= 11 is 1.12. The molecule has 0 saturated carbocycles. The number of nitrogens with zero attached hydrogens (tertiary/aromatic N) is 7. The van der Waals surface area contributed by atoms with Crippen molar-refractivity contribution in [2.75, 3.05) is 0 Å². The van der Waals surface area contributed by atoms with Crippen molar-refractivity contribution in [3.63, 3.8) is 0 Å². The number of fused-ring (bicyclic) bond motifs is 1. The molecule has 0 radical (unpaired) electrons. The van der Waals surface area contributed by atoms with Gasteiger partial charge in [0.1, 0.15) is 11.4 Å². The zero-order valence-corrected chi connectivity index (χ0v) is 13.4. The van der Waals surface area contributed by atoms with Gasteiger partial charge in [-0.3, -0.25) is 0 Å². The van der Waals surface area contributed by atoms with Gasteiger partial charge in [-0.15, -0.1) is 0 Å². The van der Waals surface area contributed by atoms with Gasteiger partial charge < -0.3 is 24.6 Å². The molecule has 3 aromatic rings. The van der Waals surface area contributed by atoms with Gasteiger partial charge in [-0.2, -0.15) is 0 Å². The minimum absolute atomic E-state index is 0. The molecule has 0 aliphatic carbocycles. The zero-order valence-electron chi connectivity index (χ0n) is 10.6. The van der Waals surface area contributed by atoms with E-state index in [0.717, 1.165) is 11.8 Å². The molecule has 0 aliphatic rings. The molecule has 0 fully saturated rings. The second-order valence-electron chi connectivity index (χ2n) is 3.57. The summed E-state index contributed by atoms with van der Waals surface area (Å²) in [5.41, 5.74) is 0.977. The summed E-state index contributed by atoms with van der Waals surface area (Å²) in [5, 5.41) is 11.8. The van der Waals surface area contributed by atoms with Crippen molar-refractivity contribution in [2.24, 2.45) is 7.05 Å². The van der Waals surface area contributed by atoms with E-state index in [2.05, 4.69) is 24.9 Å². The maximum absolute atomic E-state index is 10.9. The quantitative estimate of drug-likeness (QED) is 0.231. The van der Waals surface area contributed by atoms with E-state index in [-0.39, 0.29) is 35.4 Å². The molecular formula is C9H6N7NaO2S. The summed E-state index contributed by atoms with van der Waals surface area (Å²) in [6, 6.07) is 0. The fourth-order valence-electron chi connectivity index (χ4n) is 1.52. The molecule has 0 spiro atoms. The molecule has 0 unspecified atom stereocenters. The fourth-order valence-corrected chi connectivity index (χ4v) is 2.45. The molecule has 3 heterocycles. The van der Waals surface area contributed by atoms with E-state index in [0.29, 0.717) is 21.2 Å². The number of imidazole rings is 2. The molecule has 0 atom stereocenters. The van der Waals surface area contributed by atoms with Gasteiger partial charge in [0.15, 0.2) is 5.03 Å². The van der Waals surface area contributed by atoms with Crippen molar-refractivity contribution in [1.29, 1.82) is 0 Å². The van der Waals surface area contributed by atoms with E-state index in [9.17, 15) is 10.1 Å². The van der Waals surface area contributed by atoms with Gasteiger partial charge in [-0.1, -0.05) is 6.33 Å². The first kappa shape index (κ1) is 14.9. The maximum Gasteiger partial charge on any atom is 1.00 e. The standard InChI is InChI=1S/C9H6N7O2S.Na/c1-15-4-14-7(16(17)18)9(15)19-8-5-6(11-2-10-5)12-3-13-8;/h2-4H,1H3;/q-1;+1. The van der Waals surface area contributed by atoms with Gasteiger partial charge in [0, 0.05) is 12.6 Å². The van der Waals surface area contributed by atoms with E-state index in [1.807, 2.05) is 0 Å². The molecule has 0 saturated heterocycles.